The Kier molecular flexibility index (Phi) is 8.64. The monoisotopic (exact) mass is 562 g/mol. The van der Waals surface area contributed by atoms with E-state index < -0.39 is 5.91 Å². The first-order valence-electron chi connectivity index (χ1n) is 11.7. The molecule has 37 heavy (non-hydrogen) atoms. The fourth-order valence-electron chi connectivity index (χ4n) is 3.73. The maximum atomic E-state index is 12.6. The number of nitrogens with one attached hydrogen (secondary N) is 1. The summed E-state index contributed by atoms with van der Waals surface area (Å²) in [6.07, 6.45) is 3.91. The Labute approximate surface area is 223 Å². The fourth-order valence-corrected chi connectivity index (χ4v) is 3.99. The van der Waals surface area contributed by atoms with E-state index in [4.69, 9.17) is 18.6 Å². The van der Waals surface area contributed by atoms with Crippen molar-refractivity contribution in [2.24, 2.45) is 5.10 Å². The van der Waals surface area contributed by atoms with E-state index in [1.54, 1.807) is 43.7 Å². The Hall–Kier alpha value is -4.04. The summed E-state index contributed by atoms with van der Waals surface area (Å²) >= 11 is 3.44. The molecular weight excluding hydrogens is 536 g/mol. The number of hydrogen-bond donors (Lipinski definition) is 1. The molecule has 3 aromatic carbocycles. The number of rotatable bonds is 11. The molecule has 4 aromatic rings. The van der Waals surface area contributed by atoms with Crippen LogP contribution in [0.3, 0.4) is 0 Å². The van der Waals surface area contributed by atoms with Crippen LogP contribution in [0.15, 0.2) is 87.3 Å². The van der Waals surface area contributed by atoms with Gasteiger partial charge in [-0.05, 0) is 73.0 Å². The van der Waals surface area contributed by atoms with Gasteiger partial charge in [-0.3, -0.25) is 4.79 Å². The van der Waals surface area contributed by atoms with Crippen molar-refractivity contribution in [1.29, 1.82) is 0 Å². The van der Waals surface area contributed by atoms with E-state index in [-0.39, 0.29) is 5.76 Å². The number of hydrogen-bond acceptors (Lipinski definition) is 6. The molecule has 0 aliphatic heterocycles. The molecule has 7 nitrogen and oxygen atoms in total. The number of amides is 1. The van der Waals surface area contributed by atoms with Crippen LogP contribution < -0.4 is 19.6 Å². The van der Waals surface area contributed by atoms with Crippen molar-refractivity contribution >= 4 is 39.0 Å². The normalized spacial score (nSPS) is 11.0. The Morgan fingerprint density at radius 2 is 1.92 bits per heavy atom. The summed E-state index contributed by atoms with van der Waals surface area (Å²) < 4.78 is 23.9. The van der Waals surface area contributed by atoms with Crippen LogP contribution >= 0.6 is 15.9 Å². The minimum absolute atomic E-state index is 0.155. The summed E-state index contributed by atoms with van der Waals surface area (Å²) in [5.41, 5.74) is 5.76. The van der Waals surface area contributed by atoms with Crippen molar-refractivity contribution in [3.05, 3.63) is 100 Å². The Bertz CT molecular complexity index is 1430. The van der Waals surface area contributed by atoms with Crippen molar-refractivity contribution in [1.82, 2.24) is 5.43 Å². The third-order valence-electron chi connectivity index (χ3n) is 5.44. The lowest BCUT2D eigenvalue weighted by Gasteiger charge is -2.16. The number of hydrazone groups is 1. The molecule has 1 aromatic heterocycles. The summed E-state index contributed by atoms with van der Waals surface area (Å²) in [4.78, 5) is 12.6. The largest absolute Gasteiger partial charge is 0.494 e. The van der Waals surface area contributed by atoms with Crippen molar-refractivity contribution < 1.29 is 23.4 Å². The second-order valence-corrected chi connectivity index (χ2v) is 8.98. The molecule has 0 aliphatic carbocycles. The Balaban J connectivity index is 1.48. The van der Waals surface area contributed by atoms with Gasteiger partial charge >= 0.3 is 5.91 Å². The molecule has 0 unspecified atom stereocenters. The predicted octanol–water partition coefficient (Wildman–Crippen LogP) is 6.67. The molecule has 0 fully saturated rings. The van der Waals surface area contributed by atoms with Gasteiger partial charge in [-0.1, -0.05) is 34.1 Å². The first kappa shape index (κ1) is 26.0. The van der Waals surface area contributed by atoms with E-state index in [0.717, 1.165) is 26.5 Å². The number of halogens is 1. The zero-order chi connectivity index (χ0) is 26.2. The summed E-state index contributed by atoms with van der Waals surface area (Å²) in [6, 6.07) is 18.7. The molecule has 1 N–H and O–H groups in total. The maximum Gasteiger partial charge on any atom is 0.307 e. The van der Waals surface area contributed by atoms with Crippen molar-refractivity contribution in [3.8, 4) is 17.2 Å². The van der Waals surface area contributed by atoms with Gasteiger partial charge in [-0.25, -0.2) is 5.43 Å². The number of carbonyl (C=O) groups excluding carboxylic acids is 1. The topological polar surface area (TPSA) is 82.3 Å². The van der Waals surface area contributed by atoms with Crippen LogP contribution in [0.2, 0.25) is 0 Å². The van der Waals surface area contributed by atoms with Crippen LogP contribution in [0, 0.1) is 0 Å². The number of ether oxygens (including phenoxy) is 3. The van der Waals surface area contributed by atoms with E-state index in [0.29, 0.717) is 42.5 Å². The van der Waals surface area contributed by atoms with Crippen LogP contribution in [0.4, 0.5) is 0 Å². The average molecular weight is 563 g/mol. The zero-order valence-corrected chi connectivity index (χ0v) is 22.2. The number of allylic oxidation sites excluding steroid dienone is 1. The van der Waals surface area contributed by atoms with E-state index in [9.17, 15) is 4.79 Å². The third-order valence-corrected chi connectivity index (χ3v) is 5.97. The molecule has 1 amide bonds. The molecule has 0 radical (unpaired) electrons. The number of methoxy groups -OCH3 is 1. The van der Waals surface area contributed by atoms with Gasteiger partial charge in [0.15, 0.2) is 17.3 Å². The number of benzene rings is 3. The molecular formula is C29H27BrN2O5. The van der Waals surface area contributed by atoms with Gasteiger partial charge in [-0.15, -0.1) is 6.58 Å². The molecule has 8 heteroatoms. The highest BCUT2D eigenvalue weighted by Crippen LogP contribution is 2.34. The van der Waals surface area contributed by atoms with E-state index in [2.05, 4.69) is 33.0 Å². The van der Waals surface area contributed by atoms with Crippen molar-refractivity contribution in [2.75, 3.05) is 13.7 Å². The molecule has 0 bridgehead atoms. The first-order chi connectivity index (χ1) is 18.0. The van der Waals surface area contributed by atoms with Gasteiger partial charge in [0, 0.05) is 15.4 Å². The van der Waals surface area contributed by atoms with E-state index in [1.807, 2.05) is 43.3 Å². The van der Waals surface area contributed by atoms with Gasteiger partial charge in [0.05, 0.1) is 19.9 Å². The molecule has 4 rings (SSSR count). The molecule has 1 heterocycles. The summed E-state index contributed by atoms with van der Waals surface area (Å²) in [5, 5.41) is 4.88. The third kappa shape index (κ3) is 6.59. The highest BCUT2D eigenvalue weighted by molar-refractivity contribution is 9.10. The molecule has 0 spiro atoms. The Morgan fingerprint density at radius 3 is 2.65 bits per heavy atom. The minimum atomic E-state index is -0.460. The molecule has 0 saturated heterocycles. The maximum absolute atomic E-state index is 12.6. The van der Waals surface area contributed by atoms with Gasteiger partial charge in [0.2, 0.25) is 0 Å². The van der Waals surface area contributed by atoms with Gasteiger partial charge in [0.1, 0.15) is 17.9 Å². The summed E-state index contributed by atoms with van der Waals surface area (Å²) in [5.74, 6) is 1.61. The van der Waals surface area contributed by atoms with Crippen molar-refractivity contribution in [2.45, 2.75) is 20.0 Å². The lowest BCUT2D eigenvalue weighted by Crippen LogP contribution is -2.16. The Morgan fingerprint density at radius 1 is 1.11 bits per heavy atom. The lowest BCUT2D eigenvalue weighted by molar-refractivity contribution is 0.0929. The molecule has 0 aliphatic rings. The minimum Gasteiger partial charge on any atom is -0.494 e. The predicted molar refractivity (Wildman–Crippen MR) is 148 cm³/mol. The average Bonchev–Trinajstić information content (AvgIpc) is 3.33. The highest BCUT2D eigenvalue weighted by atomic mass is 79.9. The smallest absolute Gasteiger partial charge is 0.307 e. The van der Waals surface area contributed by atoms with Crippen LogP contribution in [-0.4, -0.2) is 25.8 Å². The van der Waals surface area contributed by atoms with E-state index >= 15 is 0 Å². The number of carbonyl (C=O) groups is 1. The molecule has 190 valence electrons. The quantitative estimate of drug-likeness (QED) is 0.125. The zero-order valence-electron chi connectivity index (χ0n) is 20.6. The van der Waals surface area contributed by atoms with Gasteiger partial charge in [0.25, 0.3) is 0 Å². The highest BCUT2D eigenvalue weighted by Gasteiger charge is 2.14. The molecule has 0 atom stereocenters. The van der Waals surface area contributed by atoms with Crippen LogP contribution in [0.1, 0.15) is 34.2 Å². The summed E-state index contributed by atoms with van der Waals surface area (Å²) in [7, 11) is 1.58. The standard InChI is InChI=1S/C29H27BrN2O5/c1-4-6-21-13-20(14-26(34-3)28(21)36-18-19-7-9-23(30)10-8-19)17-31-32-29(33)27-16-22-15-24(35-5-2)11-12-25(22)37-27/h4,7-17H,1,5-6,18H2,2-3H3,(H,32,33)/b31-17+. The summed E-state index contributed by atoms with van der Waals surface area (Å²) in [6.45, 7) is 6.71. The molecule has 0 saturated carbocycles. The van der Waals surface area contributed by atoms with Crippen molar-refractivity contribution in [3.63, 3.8) is 0 Å². The first-order valence-corrected chi connectivity index (χ1v) is 12.5. The SMILES string of the molecule is C=CCc1cc(/C=N/NC(=O)c2cc3cc(OCC)ccc3o2)cc(OC)c1OCc1ccc(Br)cc1. The van der Waals surface area contributed by atoms with E-state index in [1.165, 1.54) is 0 Å². The van der Waals surface area contributed by atoms with Gasteiger partial charge < -0.3 is 18.6 Å². The van der Waals surface area contributed by atoms with Crippen LogP contribution in [-0.2, 0) is 13.0 Å². The number of furan rings is 1. The van der Waals surface area contributed by atoms with Gasteiger partial charge in [-0.2, -0.15) is 5.10 Å². The second kappa shape index (κ2) is 12.3. The van der Waals surface area contributed by atoms with Crippen LogP contribution in [0.5, 0.6) is 17.2 Å². The second-order valence-electron chi connectivity index (χ2n) is 8.06. The van der Waals surface area contributed by atoms with Crippen LogP contribution in [0.25, 0.3) is 11.0 Å². The number of nitrogens with zero attached hydrogens (tertiary/aromatic N) is 1. The fraction of sp³-hybridized carbons (Fsp3) is 0.172. The lowest BCUT2D eigenvalue weighted by atomic mass is 10.1. The number of fused-ring (bicyclic) bond motifs is 1.